The summed E-state index contributed by atoms with van der Waals surface area (Å²) in [5, 5.41) is 3.98. The lowest BCUT2D eigenvalue weighted by atomic mass is 10.2. The predicted octanol–water partition coefficient (Wildman–Crippen LogP) is 1.96. The third-order valence-electron chi connectivity index (χ3n) is 3.51. The summed E-state index contributed by atoms with van der Waals surface area (Å²) in [4.78, 5) is 14.1. The fourth-order valence-corrected chi connectivity index (χ4v) is 2.25. The molecule has 0 saturated heterocycles. The van der Waals surface area contributed by atoms with Gasteiger partial charge in [-0.2, -0.15) is 0 Å². The Kier molecular flexibility index (Phi) is 9.96. The van der Waals surface area contributed by atoms with Crippen molar-refractivity contribution >= 4 is 47.3 Å². The van der Waals surface area contributed by atoms with Crippen LogP contribution in [-0.2, 0) is 16.1 Å². The number of likely N-dealkylation sites (N-methyl/N-ethyl adjacent to an activating group) is 1. The Bertz CT molecular complexity index is 646. The Morgan fingerprint density at radius 3 is 2.67 bits per heavy atom. The number of ether oxygens (including phenoxy) is 1. The number of nitrogens with two attached hydrogens (primary N) is 1. The minimum absolute atomic E-state index is 0. The number of fused-ring (bicyclic) bond motifs is 1. The predicted molar refractivity (Wildman–Crippen MR) is 103 cm³/mol. The van der Waals surface area contributed by atoms with Gasteiger partial charge in [-0.25, -0.2) is 0 Å². The number of anilines is 1. The molecule has 1 atom stereocenters. The summed E-state index contributed by atoms with van der Waals surface area (Å²) >= 11 is 0. The van der Waals surface area contributed by atoms with Crippen LogP contribution in [0.3, 0.4) is 0 Å². The first-order chi connectivity index (χ1) is 10.5. The molecule has 6 nitrogen and oxygen atoms in total. The lowest BCUT2D eigenvalue weighted by Gasteiger charge is -2.13. The zero-order valence-corrected chi connectivity index (χ0v) is 15.8. The highest BCUT2D eigenvalue weighted by Crippen LogP contribution is 2.20. The summed E-state index contributed by atoms with van der Waals surface area (Å²) in [5.41, 5.74) is 7.57. The number of amides is 1. The third kappa shape index (κ3) is 5.96. The molecule has 1 aromatic carbocycles. The molecular weight excluding hydrogens is 351 g/mol. The van der Waals surface area contributed by atoms with Crippen LogP contribution in [0.2, 0.25) is 0 Å². The molecule has 0 saturated carbocycles. The Balaban J connectivity index is 0.00000264. The van der Waals surface area contributed by atoms with Crippen molar-refractivity contribution < 1.29 is 9.53 Å². The zero-order chi connectivity index (χ0) is 16.1. The van der Waals surface area contributed by atoms with Gasteiger partial charge >= 0.3 is 0 Å². The SMILES string of the molecule is COCC(N)C(=O)Nc1ccc2ccn(CCN(C)C)c2c1.Cl.Cl. The molecule has 24 heavy (non-hydrogen) atoms. The van der Waals surface area contributed by atoms with Crippen molar-refractivity contribution in [3.05, 3.63) is 30.5 Å². The molecule has 1 unspecified atom stereocenters. The highest BCUT2D eigenvalue weighted by Gasteiger charge is 2.13. The van der Waals surface area contributed by atoms with Crippen molar-refractivity contribution in [2.45, 2.75) is 12.6 Å². The minimum Gasteiger partial charge on any atom is -0.383 e. The number of nitrogens with zero attached hydrogens (tertiary/aromatic N) is 2. The van der Waals surface area contributed by atoms with Gasteiger partial charge in [0.2, 0.25) is 5.91 Å². The molecule has 0 aliphatic rings. The van der Waals surface area contributed by atoms with Crippen molar-refractivity contribution in [1.82, 2.24) is 9.47 Å². The van der Waals surface area contributed by atoms with E-state index in [0.29, 0.717) is 0 Å². The van der Waals surface area contributed by atoms with Gasteiger partial charge in [-0.05, 0) is 37.7 Å². The first kappa shape index (κ1) is 22.7. The Morgan fingerprint density at radius 1 is 1.33 bits per heavy atom. The molecule has 0 aliphatic carbocycles. The summed E-state index contributed by atoms with van der Waals surface area (Å²) < 4.78 is 7.08. The van der Waals surface area contributed by atoms with Crippen LogP contribution in [0, 0.1) is 0 Å². The number of rotatable bonds is 7. The number of benzene rings is 1. The summed E-state index contributed by atoms with van der Waals surface area (Å²) in [6.45, 7) is 2.06. The molecular formula is C16H26Cl2N4O2. The average Bonchev–Trinajstić information content (AvgIpc) is 2.87. The van der Waals surface area contributed by atoms with Gasteiger partial charge < -0.3 is 25.3 Å². The average molecular weight is 377 g/mol. The molecule has 0 radical (unpaired) electrons. The topological polar surface area (TPSA) is 72.5 Å². The fourth-order valence-electron chi connectivity index (χ4n) is 2.25. The van der Waals surface area contributed by atoms with Crippen LogP contribution in [0.4, 0.5) is 5.69 Å². The van der Waals surface area contributed by atoms with E-state index in [1.165, 1.54) is 7.11 Å². The zero-order valence-electron chi connectivity index (χ0n) is 14.2. The summed E-state index contributed by atoms with van der Waals surface area (Å²) in [5.74, 6) is -0.243. The summed E-state index contributed by atoms with van der Waals surface area (Å²) in [6.07, 6.45) is 2.07. The van der Waals surface area contributed by atoms with Crippen LogP contribution in [0.5, 0.6) is 0 Å². The van der Waals surface area contributed by atoms with Crippen molar-refractivity contribution in [3.8, 4) is 0 Å². The van der Waals surface area contributed by atoms with Crippen molar-refractivity contribution in [3.63, 3.8) is 0 Å². The van der Waals surface area contributed by atoms with E-state index in [4.69, 9.17) is 10.5 Å². The fraction of sp³-hybridized carbons (Fsp3) is 0.438. The van der Waals surface area contributed by atoms with Crippen LogP contribution in [0.25, 0.3) is 10.9 Å². The van der Waals surface area contributed by atoms with E-state index < -0.39 is 6.04 Å². The number of hydrogen-bond acceptors (Lipinski definition) is 4. The molecule has 1 heterocycles. The van der Waals surface area contributed by atoms with Gasteiger partial charge in [0.25, 0.3) is 0 Å². The first-order valence-corrected chi connectivity index (χ1v) is 7.30. The molecule has 8 heteroatoms. The van der Waals surface area contributed by atoms with Crippen LogP contribution in [-0.4, -0.2) is 55.8 Å². The second kappa shape index (κ2) is 10.5. The highest BCUT2D eigenvalue weighted by molar-refractivity contribution is 5.96. The van der Waals surface area contributed by atoms with Gasteiger partial charge in [0, 0.05) is 32.1 Å². The second-order valence-corrected chi connectivity index (χ2v) is 5.64. The van der Waals surface area contributed by atoms with Crippen LogP contribution >= 0.6 is 24.8 Å². The van der Waals surface area contributed by atoms with E-state index in [1.54, 1.807) is 0 Å². The maximum absolute atomic E-state index is 11.9. The van der Waals surface area contributed by atoms with Crippen molar-refractivity contribution in [2.24, 2.45) is 5.73 Å². The number of carbonyl (C=O) groups excluding carboxylic acids is 1. The Morgan fingerprint density at radius 2 is 2.04 bits per heavy atom. The summed E-state index contributed by atoms with van der Waals surface area (Å²) in [7, 11) is 5.62. The number of halogens is 2. The van der Waals surface area contributed by atoms with Gasteiger partial charge in [-0.3, -0.25) is 4.79 Å². The first-order valence-electron chi connectivity index (χ1n) is 7.30. The lowest BCUT2D eigenvalue weighted by molar-refractivity contribution is -0.118. The van der Waals surface area contributed by atoms with Gasteiger partial charge in [-0.15, -0.1) is 24.8 Å². The summed E-state index contributed by atoms with van der Waals surface area (Å²) in [6, 6.07) is 7.27. The monoisotopic (exact) mass is 376 g/mol. The second-order valence-electron chi connectivity index (χ2n) is 5.64. The maximum atomic E-state index is 11.9. The normalized spacial score (nSPS) is 11.7. The molecule has 1 aromatic heterocycles. The van der Waals surface area contributed by atoms with Gasteiger partial charge in [0.15, 0.2) is 0 Å². The number of methoxy groups -OCH3 is 1. The standard InChI is InChI=1S/C16H24N4O2.2ClH/c1-19(2)8-9-20-7-6-12-4-5-13(10-15(12)20)18-16(21)14(17)11-22-3;;/h4-7,10,14H,8-9,11,17H2,1-3H3,(H,18,21);2*1H. The van der Waals surface area contributed by atoms with Crippen LogP contribution in [0.15, 0.2) is 30.5 Å². The lowest BCUT2D eigenvalue weighted by Crippen LogP contribution is -2.39. The van der Waals surface area contributed by atoms with Crippen LogP contribution in [0.1, 0.15) is 0 Å². The Hall–Kier alpha value is -1.31. The van der Waals surface area contributed by atoms with E-state index in [0.717, 1.165) is 29.7 Å². The largest absolute Gasteiger partial charge is 0.383 e. The highest BCUT2D eigenvalue weighted by atomic mass is 35.5. The minimum atomic E-state index is -0.666. The van der Waals surface area contributed by atoms with E-state index in [-0.39, 0.29) is 37.3 Å². The van der Waals surface area contributed by atoms with Crippen molar-refractivity contribution in [1.29, 1.82) is 0 Å². The third-order valence-corrected chi connectivity index (χ3v) is 3.51. The number of nitrogens with one attached hydrogen (secondary N) is 1. The van der Waals surface area contributed by atoms with Gasteiger partial charge in [-0.1, -0.05) is 6.07 Å². The number of aromatic nitrogens is 1. The molecule has 3 N–H and O–H groups in total. The molecule has 2 rings (SSSR count). The molecule has 0 fully saturated rings. The van der Waals surface area contributed by atoms with Crippen molar-refractivity contribution in [2.75, 3.05) is 39.7 Å². The molecule has 2 aromatic rings. The van der Waals surface area contributed by atoms with E-state index >= 15 is 0 Å². The Labute approximate surface area is 155 Å². The van der Waals surface area contributed by atoms with E-state index in [2.05, 4.69) is 41.1 Å². The van der Waals surface area contributed by atoms with Gasteiger partial charge in [0.1, 0.15) is 6.04 Å². The molecule has 0 bridgehead atoms. The van der Waals surface area contributed by atoms with E-state index in [1.807, 2.05) is 18.2 Å². The molecule has 0 aliphatic heterocycles. The van der Waals surface area contributed by atoms with Gasteiger partial charge in [0.05, 0.1) is 12.1 Å². The van der Waals surface area contributed by atoms with E-state index in [9.17, 15) is 4.79 Å². The molecule has 0 spiro atoms. The molecule has 1 amide bonds. The quantitative estimate of drug-likeness (QED) is 0.774. The smallest absolute Gasteiger partial charge is 0.243 e. The maximum Gasteiger partial charge on any atom is 0.243 e. The number of carbonyl (C=O) groups is 1. The van der Waals surface area contributed by atoms with Crippen LogP contribution < -0.4 is 11.1 Å². The number of hydrogen-bond donors (Lipinski definition) is 2. The molecule has 136 valence electrons.